The second-order valence-electron chi connectivity index (χ2n) is 3.30. The maximum absolute atomic E-state index is 12.8. The van der Waals surface area contributed by atoms with Gasteiger partial charge in [0.25, 0.3) is 6.47 Å². The Balaban J connectivity index is 0.000000386. The minimum absolute atomic E-state index is 0.0916. The molecule has 0 amide bonds. The first-order valence-corrected chi connectivity index (χ1v) is 5.46. The topological polar surface area (TPSA) is 37.3 Å². The summed E-state index contributed by atoms with van der Waals surface area (Å²) in [4.78, 5) is 8.36. The van der Waals surface area contributed by atoms with Gasteiger partial charge in [0.05, 0.1) is 5.02 Å². The summed E-state index contributed by atoms with van der Waals surface area (Å²) in [7, 11) is 0. The van der Waals surface area contributed by atoms with Gasteiger partial charge in [0.1, 0.15) is 10.2 Å². The van der Waals surface area contributed by atoms with Gasteiger partial charge in [-0.05, 0) is 24.1 Å². The first kappa shape index (κ1) is 13.6. The van der Waals surface area contributed by atoms with Crippen LogP contribution in [0.5, 0.6) is 0 Å². The van der Waals surface area contributed by atoms with Crippen LogP contribution in [-0.4, -0.2) is 15.9 Å². The van der Waals surface area contributed by atoms with E-state index in [0.717, 1.165) is 5.56 Å². The molecule has 1 fully saturated rings. The monoisotopic (exact) mass is 284 g/mol. The summed E-state index contributed by atoms with van der Waals surface area (Å²) in [6.45, 7) is -0.250. The molecular weight excluding hydrogens is 277 g/mol. The first-order valence-electron chi connectivity index (χ1n) is 4.33. The Hall–Kier alpha value is -0.510. The summed E-state index contributed by atoms with van der Waals surface area (Å²) in [6.07, 6.45) is 0.706. The summed E-state index contributed by atoms with van der Waals surface area (Å²) in [5.41, 5.74) is 0.899. The van der Waals surface area contributed by atoms with Gasteiger partial charge in [-0.2, -0.15) is 0 Å². The Kier molecular flexibility index (Phi) is 4.42. The third-order valence-corrected chi connectivity index (χ3v) is 3.30. The third-order valence-electron chi connectivity index (χ3n) is 2.17. The lowest BCUT2D eigenvalue weighted by molar-refractivity contribution is -0.122. The predicted octanol–water partition coefficient (Wildman–Crippen LogP) is 3.84. The van der Waals surface area contributed by atoms with Crippen molar-refractivity contribution in [1.29, 1.82) is 0 Å². The van der Waals surface area contributed by atoms with Crippen LogP contribution in [0.4, 0.5) is 4.39 Å². The van der Waals surface area contributed by atoms with Crippen LogP contribution in [0.3, 0.4) is 0 Å². The van der Waals surface area contributed by atoms with Gasteiger partial charge >= 0.3 is 0 Å². The molecular formula is C10H8Cl3FO2. The standard InChI is InChI=1S/C9H6Cl3F.CH2O2/c10-7-3-5(1-2-8(7)13)6-4-9(6,11)12;2-1-3/h1-3,6H,4H2;1H,(H,2,3)/t6-;/m0./s1. The molecule has 0 bridgehead atoms. The van der Waals surface area contributed by atoms with Crippen molar-refractivity contribution in [3.8, 4) is 0 Å². The molecule has 1 saturated carbocycles. The summed E-state index contributed by atoms with van der Waals surface area (Å²) < 4.78 is 12.1. The van der Waals surface area contributed by atoms with Crippen molar-refractivity contribution in [2.45, 2.75) is 16.7 Å². The summed E-state index contributed by atoms with van der Waals surface area (Å²) in [5.74, 6) is -0.324. The number of hydrogen-bond acceptors (Lipinski definition) is 1. The molecule has 1 aromatic carbocycles. The van der Waals surface area contributed by atoms with E-state index in [-0.39, 0.29) is 17.4 Å². The molecule has 0 saturated heterocycles. The largest absolute Gasteiger partial charge is 0.483 e. The lowest BCUT2D eigenvalue weighted by Crippen LogP contribution is -1.90. The maximum atomic E-state index is 12.8. The molecule has 6 heteroatoms. The van der Waals surface area contributed by atoms with E-state index in [1.807, 2.05) is 0 Å². The summed E-state index contributed by atoms with van der Waals surface area (Å²) >= 11 is 17.3. The molecule has 1 aliphatic carbocycles. The smallest absolute Gasteiger partial charge is 0.290 e. The average Bonchev–Trinajstić information content (AvgIpc) is 2.81. The SMILES string of the molecule is Fc1ccc([C@@H]2CC2(Cl)Cl)cc1Cl.O=CO. The predicted molar refractivity (Wildman–Crippen MR) is 61.9 cm³/mol. The highest BCUT2D eigenvalue weighted by atomic mass is 35.5. The molecule has 2 rings (SSSR count). The zero-order chi connectivity index (χ0) is 12.3. The second-order valence-corrected chi connectivity index (χ2v) is 5.25. The Morgan fingerprint density at radius 3 is 2.38 bits per heavy atom. The Morgan fingerprint density at radius 1 is 1.50 bits per heavy atom. The number of carboxylic acid groups (broad SMARTS) is 1. The van der Waals surface area contributed by atoms with Crippen molar-refractivity contribution in [3.63, 3.8) is 0 Å². The van der Waals surface area contributed by atoms with E-state index in [1.54, 1.807) is 12.1 Å². The molecule has 1 aromatic rings. The van der Waals surface area contributed by atoms with E-state index in [9.17, 15) is 4.39 Å². The van der Waals surface area contributed by atoms with Gasteiger partial charge in [0.15, 0.2) is 0 Å². The van der Waals surface area contributed by atoms with E-state index in [1.165, 1.54) is 6.07 Å². The Bertz CT molecular complexity index is 396. The minimum atomic E-state index is -0.679. The van der Waals surface area contributed by atoms with E-state index >= 15 is 0 Å². The van der Waals surface area contributed by atoms with E-state index in [0.29, 0.717) is 6.42 Å². The lowest BCUT2D eigenvalue weighted by Gasteiger charge is -2.01. The fourth-order valence-electron chi connectivity index (χ4n) is 1.30. The Labute approximate surface area is 107 Å². The number of benzene rings is 1. The van der Waals surface area contributed by atoms with Crippen molar-refractivity contribution in [2.24, 2.45) is 0 Å². The minimum Gasteiger partial charge on any atom is -0.483 e. The molecule has 1 aliphatic rings. The molecule has 88 valence electrons. The van der Waals surface area contributed by atoms with Crippen LogP contribution in [0.25, 0.3) is 0 Å². The number of carbonyl (C=O) groups is 1. The van der Waals surface area contributed by atoms with Crippen LogP contribution >= 0.6 is 34.8 Å². The zero-order valence-electron chi connectivity index (χ0n) is 7.96. The highest BCUT2D eigenvalue weighted by Gasteiger charge is 2.52. The molecule has 0 aliphatic heterocycles. The third kappa shape index (κ3) is 3.24. The van der Waals surface area contributed by atoms with Gasteiger partial charge in [-0.1, -0.05) is 17.7 Å². The molecule has 2 nitrogen and oxygen atoms in total. The van der Waals surface area contributed by atoms with Gasteiger partial charge in [0, 0.05) is 5.92 Å². The Morgan fingerprint density at radius 2 is 2.00 bits per heavy atom. The van der Waals surface area contributed by atoms with E-state index in [2.05, 4.69) is 0 Å². The quantitative estimate of drug-likeness (QED) is 0.629. The van der Waals surface area contributed by atoms with Crippen LogP contribution < -0.4 is 0 Å². The van der Waals surface area contributed by atoms with E-state index in [4.69, 9.17) is 44.7 Å². The van der Waals surface area contributed by atoms with Crippen molar-refractivity contribution in [2.75, 3.05) is 0 Å². The average molecular weight is 286 g/mol. The van der Waals surface area contributed by atoms with Crippen LogP contribution in [0, 0.1) is 5.82 Å². The second kappa shape index (κ2) is 5.21. The highest BCUT2D eigenvalue weighted by molar-refractivity contribution is 6.51. The number of hydrogen-bond donors (Lipinski definition) is 1. The molecule has 0 heterocycles. The number of halogens is 4. The highest BCUT2D eigenvalue weighted by Crippen LogP contribution is 2.59. The van der Waals surface area contributed by atoms with E-state index < -0.39 is 10.2 Å². The fraction of sp³-hybridized carbons (Fsp3) is 0.300. The van der Waals surface area contributed by atoms with Gasteiger partial charge in [-0.25, -0.2) is 4.39 Å². The van der Waals surface area contributed by atoms with Crippen LogP contribution in [-0.2, 0) is 4.79 Å². The van der Waals surface area contributed by atoms with Crippen molar-refractivity contribution >= 4 is 41.3 Å². The molecule has 1 atom stereocenters. The first-order chi connectivity index (χ1) is 7.42. The number of rotatable bonds is 1. The van der Waals surface area contributed by atoms with Crippen molar-refractivity contribution in [1.82, 2.24) is 0 Å². The van der Waals surface area contributed by atoms with Crippen molar-refractivity contribution < 1.29 is 14.3 Å². The lowest BCUT2D eigenvalue weighted by atomic mass is 10.1. The molecule has 16 heavy (non-hydrogen) atoms. The molecule has 1 N–H and O–H groups in total. The van der Waals surface area contributed by atoms with Crippen LogP contribution in [0.15, 0.2) is 18.2 Å². The van der Waals surface area contributed by atoms with Crippen LogP contribution in [0.2, 0.25) is 5.02 Å². The van der Waals surface area contributed by atoms with Gasteiger partial charge < -0.3 is 5.11 Å². The summed E-state index contributed by atoms with van der Waals surface area (Å²) in [5, 5.41) is 7.01. The molecule has 0 unspecified atom stereocenters. The normalized spacial score (nSPS) is 20.6. The summed E-state index contributed by atoms with van der Waals surface area (Å²) in [6, 6.07) is 4.58. The number of alkyl halides is 2. The molecule has 0 radical (unpaired) electrons. The maximum Gasteiger partial charge on any atom is 0.290 e. The van der Waals surface area contributed by atoms with Crippen molar-refractivity contribution in [3.05, 3.63) is 34.6 Å². The fourth-order valence-corrected chi connectivity index (χ4v) is 2.05. The van der Waals surface area contributed by atoms with Gasteiger partial charge in [0.2, 0.25) is 0 Å². The zero-order valence-corrected chi connectivity index (χ0v) is 10.2. The molecule has 0 aromatic heterocycles. The van der Waals surface area contributed by atoms with Gasteiger partial charge in [-0.3, -0.25) is 4.79 Å². The van der Waals surface area contributed by atoms with Crippen LogP contribution in [0.1, 0.15) is 17.9 Å². The molecule has 0 spiro atoms. The van der Waals surface area contributed by atoms with Gasteiger partial charge in [-0.15, -0.1) is 23.2 Å².